The summed E-state index contributed by atoms with van der Waals surface area (Å²) >= 11 is 0. The van der Waals surface area contributed by atoms with Gasteiger partial charge in [-0.3, -0.25) is 9.59 Å². The van der Waals surface area contributed by atoms with E-state index in [0.29, 0.717) is 32.8 Å². The first-order chi connectivity index (χ1) is 12.6. The Bertz CT molecular complexity index is 659. The van der Waals surface area contributed by atoms with Crippen molar-refractivity contribution in [2.45, 2.75) is 65.0 Å². The summed E-state index contributed by atoms with van der Waals surface area (Å²) in [5.74, 6) is 0.132. The topological polar surface area (TPSA) is 69.6 Å². The minimum atomic E-state index is -0.0847. The van der Waals surface area contributed by atoms with Gasteiger partial charge in [0.25, 0.3) is 0 Å². The van der Waals surface area contributed by atoms with Crippen molar-refractivity contribution in [3.05, 3.63) is 22.5 Å². The quantitative estimate of drug-likeness (QED) is 0.807. The van der Waals surface area contributed by atoms with Crippen LogP contribution in [-0.2, 0) is 33.7 Å². The molecule has 1 atom stereocenters. The maximum atomic E-state index is 12.6. The lowest BCUT2D eigenvalue weighted by molar-refractivity contribution is -0.123. The number of aromatic nitrogens is 1. The molecule has 1 amide bonds. The van der Waals surface area contributed by atoms with Crippen LogP contribution >= 0.6 is 0 Å². The maximum absolute atomic E-state index is 12.6. The van der Waals surface area contributed by atoms with Gasteiger partial charge in [0.1, 0.15) is 0 Å². The second-order valence-electron chi connectivity index (χ2n) is 7.22. The van der Waals surface area contributed by atoms with Crippen molar-refractivity contribution in [1.82, 2.24) is 9.88 Å². The van der Waals surface area contributed by atoms with E-state index >= 15 is 0 Å². The number of fused-ring (bicyclic) bond motifs is 1. The molecule has 0 radical (unpaired) electrons. The van der Waals surface area contributed by atoms with Crippen LogP contribution in [0.1, 0.15) is 59.9 Å². The highest BCUT2D eigenvalue weighted by molar-refractivity contribution is 6.01. The number of carbonyl (C=O) groups excluding carboxylic acids is 2. The number of carbonyl (C=O) groups is 2. The molecule has 6 heteroatoms. The largest absolute Gasteiger partial charge is 0.376 e. The van der Waals surface area contributed by atoms with Crippen LogP contribution in [0.25, 0.3) is 0 Å². The van der Waals surface area contributed by atoms with Crippen molar-refractivity contribution < 1.29 is 19.1 Å². The van der Waals surface area contributed by atoms with E-state index in [4.69, 9.17) is 9.47 Å². The van der Waals surface area contributed by atoms with Crippen LogP contribution in [0.15, 0.2) is 0 Å². The van der Waals surface area contributed by atoms with Crippen molar-refractivity contribution in [2.24, 2.45) is 0 Å². The smallest absolute Gasteiger partial charge is 0.224 e. The number of ether oxygens (including phenoxy) is 2. The first-order valence-electron chi connectivity index (χ1n) is 9.81. The summed E-state index contributed by atoms with van der Waals surface area (Å²) in [5, 5.41) is 2.94. The summed E-state index contributed by atoms with van der Waals surface area (Å²) in [7, 11) is 0. The van der Waals surface area contributed by atoms with Gasteiger partial charge in [-0.2, -0.15) is 0 Å². The fraction of sp³-hybridized carbons (Fsp3) is 0.700. The number of nitrogens with zero attached hydrogens (tertiary/aromatic N) is 1. The molecule has 0 spiro atoms. The number of hydrogen-bond donors (Lipinski definition) is 1. The second kappa shape index (κ2) is 8.82. The monoisotopic (exact) mass is 362 g/mol. The van der Waals surface area contributed by atoms with E-state index in [2.05, 4.69) is 16.8 Å². The van der Waals surface area contributed by atoms with E-state index in [0.717, 1.165) is 54.7 Å². The number of amides is 1. The highest BCUT2D eigenvalue weighted by Gasteiger charge is 2.29. The molecule has 0 bridgehead atoms. The summed E-state index contributed by atoms with van der Waals surface area (Å²) in [6, 6.07) is 0. The van der Waals surface area contributed by atoms with Crippen LogP contribution in [0.5, 0.6) is 0 Å². The lowest BCUT2D eigenvalue weighted by atomic mass is 9.92. The summed E-state index contributed by atoms with van der Waals surface area (Å²) in [4.78, 5) is 25.0. The van der Waals surface area contributed by atoms with Crippen molar-refractivity contribution in [3.63, 3.8) is 0 Å². The Morgan fingerprint density at radius 3 is 2.88 bits per heavy atom. The zero-order chi connectivity index (χ0) is 18.5. The van der Waals surface area contributed by atoms with Crippen LogP contribution < -0.4 is 5.32 Å². The molecule has 1 fully saturated rings. The molecule has 1 aromatic heterocycles. The van der Waals surface area contributed by atoms with Crippen molar-refractivity contribution in [2.75, 3.05) is 26.4 Å². The van der Waals surface area contributed by atoms with Gasteiger partial charge in [0, 0.05) is 36.5 Å². The Hall–Kier alpha value is -1.66. The number of unbranched alkanes of at least 4 members (excludes halogenated alkanes) is 1. The molecule has 0 aromatic carbocycles. The molecule has 26 heavy (non-hydrogen) atoms. The highest BCUT2D eigenvalue weighted by Crippen LogP contribution is 2.30. The number of Topliss-reactive ketones (excluding diaryl/α,β-unsaturated/α-hetero) is 1. The fourth-order valence-electron chi connectivity index (χ4n) is 3.93. The van der Waals surface area contributed by atoms with Gasteiger partial charge in [0.15, 0.2) is 5.78 Å². The van der Waals surface area contributed by atoms with E-state index in [1.807, 2.05) is 6.92 Å². The minimum Gasteiger partial charge on any atom is -0.376 e. The Morgan fingerprint density at radius 1 is 1.31 bits per heavy atom. The van der Waals surface area contributed by atoms with E-state index in [1.54, 1.807) is 0 Å². The average molecular weight is 362 g/mol. The average Bonchev–Trinajstić information content (AvgIpc) is 2.92. The van der Waals surface area contributed by atoms with Crippen LogP contribution in [0.4, 0.5) is 0 Å². The number of nitrogens with one attached hydrogen (secondary N) is 1. The van der Waals surface area contributed by atoms with E-state index in [-0.39, 0.29) is 24.2 Å². The van der Waals surface area contributed by atoms with Crippen LogP contribution in [0, 0.1) is 6.92 Å². The molecule has 1 saturated heterocycles. The number of hydrogen-bond acceptors (Lipinski definition) is 4. The van der Waals surface area contributed by atoms with E-state index in [9.17, 15) is 9.59 Å². The van der Waals surface area contributed by atoms with Gasteiger partial charge in [-0.15, -0.1) is 0 Å². The Balaban J connectivity index is 1.72. The predicted molar refractivity (Wildman–Crippen MR) is 98.6 cm³/mol. The summed E-state index contributed by atoms with van der Waals surface area (Å²) < 4.78 is 13.2. The zero-order valence-corrected chi connectivity index (χ0v) is 15.9. The summed E-state index contributed by atoms with van der Waals surface area (Å²) in [5.41, 5.74) is 3.95. The number of ketones is 1. The van der Waals surface area contributed by atoms with Crippen molar-refractivity contribution in [3.8, 4) is 0 Å². The molecule has 2 heterocycles. The van der Waals surface area contributed by atoms with Crippen molar-refractivity contribution in [1.29, 1.82) is 0 Å². The fourth-order valence-corrected chi connectivity index (χ4v) is 3.93. The van der Waals surface area contributed by atoms with Crippen LogP contribution in [0.3, 0.4) is 0 Å². The van der Waals surface area contributed by atoms with Gasteiger partial charge in [0.05, 0.1) is 32.3 Å². The normalized spacial score (nSPS) is 20.1. The predicted octanol–water partition coefficient (Wildman–Crippen LogP) is 2.19. The highest BCUT2D eigenvalue weighted by atomic mass is 16.6. The van der Waals surface area contributed by atoms with Gasteiger partial charge in [-0.25, -0.2) is 0 Å². The van der Waals surface area contributed by atoms with Gasteiger partial charge in [-0.05, 0) is 31.7 Å². The molecule has 1 unspecified atom stereocenters. The third-order valence-corrected chi connectivity index (χ3v) is 5.34. The molecule has 2 aliphatic rings. The first kappa shape index (κ1) is 19.1. The Labute approximate surface area is 155 Å². The third-order valence-electron chi connectivity index (χ3n) is 5.34. The Kier molecular flexibility index (Phi) is 6.48. The third kappa shape index (κ3) is 4.18. The lowest BCUT2D eigenvalue weighted by Gasteiger charge is -2.23. The lowest BCUT2D eigenvalue weighted by Crippen LogP contribution is -2.40. The van der Waals surface area contributed by atoms with E-state index in [1.165, 1.54) is 0 Å². The standard InChI is InChI=1S/C20H30N2O4/c1-3-4-8-22-14(2)16(20-17(22)6-5-7-18(20)23)11-19(24)21-12-15-13-25-9-10-26-15/h15H,3-13H2,1-2H3,(H,21,24). The zero-order valence-electron chi connectivity index (χ0n) is 15.9. The molecule has 1 aliphatic heterocycles. The van der Waals surface area contributed by atoms with Gasteiger partial charge in [-0.1, -0.05) is 13.3 Å². The van der Waals surface area contributed by atoms with E-state index < -0.39 is 0 Å². The molecule has 1 N–H and O–H groups in total. The molecule has 0 saturated carbocycles. The van der Waals surface area contributed by atoms with Gasteiger partial charge >= 0.3 is 0 Å². The Morgan fingerprint density at radius 2 is 2.15 bits per heavy atom. The van der Waals surface area contributed by atoms with Crippen LogP contribution in [0.2, 0.25) is 0 Å². The second-order valence-corrected chi connectivity index (χ2v) is 7.22. The SMILES string of the molecule is CCCCn1c(C)c(CC(=O)NCC2COCCO2)c2c1CCCC2=O. The molecule has 144 valence electrons. The molecule has 6 nitrogen and oxygen atoms in total. The molecule has 1 aromatic rings. The summed E-state index contributed by atoms with van der Waals surface area (Å²) in [6.45, 7) is 7.28. The molecular formula is C20H30N2O4. The number of rotatable bonds is 7. The molecule has 1 aliphatic carbocycles. The van der Waals surface area contributed by atoms with Crippen LogP contribution in [-0.4, -0.2) is 48.7 Å². The first-order valence-corrected chi connectivity index (χ1v) is 9.81. The summed E-state index contributed by atoms with van der Waals surface area (Å²) in [6.07, 6.45) is 4.80. The van der Waals surface area contributed by atoms with Gasteiger partial charge < -0.3 is 19.4 Å². The minimum absolute atomic E-state index is 0.0592. The molecular weight excluding hydrogens is 332 g/mol. The van der Waals surface area contributed by atoms with Gasteiger partial charge in [0.2, 0.25) is 5.91 Å². The molecule has 3 rings (SSSR count). The maximum Gasteiger partial charge on any atom is 0.224 e. The van der Waals surface area contributed by atoms with Crippen molar-refractivity contribution >= 4 is 11.7 Å².